The van der Waals surface area contributed by atoms with Crippen LogP contribution in [0.2, 0.25) is 0 Å². The van der Waals surface area contributed by atoms with Gasteiger partial charge in [0, 0.05) is 17.9 Å². The normalized spacial score (nSPS) is 16.9. The van der Waals surface area contributed by atoms with Crippen LogP contribution in [0, 0.1) is 5.41 Å². The maximum atomic E-state index is 12.7. The predicted molar refractivity (Wildman–Crippen MR) is 125 cm³/mol. The second-order valence-electron chi connectivity index (χ2n) is 9.20. The first-order valence-corrected chi connectivity index (χ1v) is 11.6. The molecule has 2 aliphatic rings. The number of aliphatic carboxylic acids is 1. The van der Waals surface area contributed by atoms with Gasteiger partial charge in [-0.05, 0) is 35.1 Å². The van der Waals surface area contributed by atoms with Gasteiger partial charge in [0.15, 0.2) is 0 Å². The second-order valence-corrected chi connectivity index (χ2v) is 9.20. The molecule has 34 heavy (non-hydrogen) atoms. The molecule has 0 radical (unpaired) electrons. The Labute approximate surface area is 198 Å². The predicted octanol–water partition coefficient (Wildman–Crippen LogP) is 3.04. The number of aliphatic hydroxyl groups excluding tert-OH is 1. The van der Waals surface area contributed by atoms with Crippen LogP contribution in [0.4, 0.5) is 4.79 Å². The van der Waals surface area contributed by atoms with Crippen LogP contribution in [0.3, 0.4) is 0 Å². The van der Waals surface area contributed by atoms with Gasteiger partial charge in [0.25, 0.3) is 0 Å². The van der Waals surface area contributed by atoms with Crippen LogP contribution in [0.25, 0.3) is 11.1 Å². The molecule has 4 N–H and O–H groups in total. The van der Waals surface area contributed by atoms with Crippen LogP contribution in [0.1, 0.15) is 49.1 Å². The summed E-state index contributed by atoms with van der Waals surface area (Å²) in [5.74, 6) is -1.95. The van der Waals surface area contributed by atoms with E-state index in [0.29, 0.717) is 0 Å². The SMILES string of the molecule is O=C(O)CC(NC(=O)OCC1c2ccccc2-c2ccccc21)C(=O)NCC1(CO)CCCC1. The van der Waals surface area contributed by atoms with E-state index >= 15 is 0 Å². The lowest BCUT2D eigenvalue weighted by atomic mass is 9.87. The summed E-state index contributed by atoms with van der Waals surface area (Å²) in [5.41, 5.74) is 3.93. The average molecular weight is 467 g/mol. The lowest BCUT2D eigenvalue weighted by Gasteiger charge is -2.27. The molecule has 2 aliphatic carbocycles. The van der Waals surface area contributed by atoms with Crippen LogP contribution in [-0.2, 0) is 14.3 Å². The minimum Gasteiger partial charge on any atom is -0.481 e. The molecule has 0 spiro atoms. The average Bonchev–Trinajstić information content (AvgIpc) is 3.44. The number of carbonyl (C=O) groups excluding carboxylic acids is 2. The van der Waals surface area contributed by atoms with Crippen molar-refractivity contribution in [3.63, 3.8) is 0 Å². The minimum absolute atomic E-state index is 0.0450. The summed E-state index contributed by atoms with van der Waals surface area (Å²) in [4.78, 5) is 36.5. The van der Waals surface area contributed by atoms with Gasteiger partial charge in [-0.2, -0.15) is 0 Å². The van der Waals surface area contributed by atoms with Crippen LogP contribution < -0.4 is 10.6 Å². The molecular weight excluding hydrogens is 436 g/mol. The zero-order valence-electron chi connectivity index (χ0n) is 19.0. The molecule has 0 saturated heterocycles. The number of carboxylic acids is 1. The summed E-state index contributed by atoms with van der Waals surface area (Å²) in [7, 11) is 0. The van der Waals surface area contributed by atoms with E-state index in [-0.39, 0.29) is 31.1 Å². The number of carbonyl (C=O) groups is 3. The molecule has 1 saturated carbocycles. The van der Waals surface area contributed by atoms with Crippen molar-refractivity contribution in [1.82, 2.24) is 10.6 Å². The Kier molecular flexibility index (Phi) is 7.17. The number of fused-ring (bicyclic) bond motifs is 3. The van der Waals surface area contributed by atoms with Gasteiger partial charge in [0.1, 0.15) is 12.6 Å². The van der Waals surface area contributed by atoms with Crippen molar-refractivity contribution >= 4 is 18.0 Å². The number of nitrogens with one attached hydrogen (secondary N) is 2. The van der Waals surface area contributed by atoms with E-state index in [2.05, 4.69) is 10.6 Å². The van der Waals surface area contributed by atoms with Gasteiger partial charge in [0.05, 0.1) is 13.0 Å². The van der Waals surface area contributed by atoms with Crippen molar-refractivity contribution in [2.75, 3.05) is 19.8 Å². The van der Waals surface area contributed by atoms with Gasteiger partial charge >= 0.3 is 12.1 Å². The summed E-state index contributed by atoms with van der Waals surface area (Å²) in [6.45, 7) is 0.260. The molecule has 0 bridgehead atoms. The molecule has 4 rings (SSSR count). The monoisotopic (exact) mass is 466 g/mol. The topological polar surface area (TPSA) is 125 Å². The largest absolute Gasteiger partial charge is 0.481 e. The van der Waals surface area contributed by atoms with E-state index in [1.165, 1.54) is 0 Å². The Morgan fingerprint density at radius 3 is 2.15 bits per heavy atom. The maximum absolute atomic E-state index is 12.7. The molecule has 1 atom stereocenters. The number of alkyl carbamates (subject to hydrolysis) is 1. The fraction of sp³-hybridized carbons (Fsp3) is 0.423. The Bertz CT molecular complexity index is 1020. The lowest BCUT2D eigenvalue weighted by molar-refractivity contribution is -0.140. The number of aliphatic hydroxyl groups is 1. The zero-order chi connectivity index (χ0) is 24.1. The van der Waals surface area contributed by atoms with Crippen LogP contribution in [-0.4, -0.2) is 54.0 Å². The number of hydrogen-bond donors (Lipinski definition) is 4. The van der Waals surface area contributed by atoms with Crippen molar-refractivity contribution in [3.05, 3.63) is 59.7 Å². The first kappa shape index (κ1) is 23.8. The fourth-order valence-electron chi connectivity index (χ4n) is 5.08. The van der Waals surface area contributed by atoms with Crippen molar-refractivity contribution in [2.45, 2.75) is 44.1 Å². The van der Waals surface area contributed by atoms with Crippen molar-refractivity contribution < 1.29 is 29.3 Å². The number of hydrogen-bond acceptors (Lipinski definition) is 5. The fourth-order valence-corrected chi connectivity index (χ4v) is 5.08. The maximum Gasteiger partial charge on any atom is 0.407 e. The molecule has 2 amide bonds. The van der Waals surface area contributed by atoms with E-state index in [4.69, 9.17) is 4.74 Å². The molecule has 2 aromatic carbocycles. The Balaban J connectivity index is 1.38. The minimum atomic E-state index is -1.27. The van der Waals surface area contributed by atoms with E-state index in [0.717, 1.165) is 47.9 Å². The Morgan fingerprint density at radius 2 is 1.59 bits per heavy atom. The Hall–Kier alpha value is -3.39. The van der Waals surface area contributed by atoms with E-state index in [1.807, 2.05) is 48.5 Å². The zero-order valence-corrected chi connectivity index (χ0v) is 19.0. The highest BCUT2D eigenvalue weighted by molar-refractivity contribution is 5.89. The third-order valence-electron chi connectivity index (χ3n) is 6.97. The molecular formula is C26H30N2O6. The third-order valence-corrected chi connectivity index (χ3v) is 6.97. The van der Waals surface area contributed by atoms with Crippen LogP contribution >= 0.6 is 0 Å². The molecule has 2 aromatic rings. The second kappa shape index (κ2) is 10.3. The van der Waals surface area contributed by atoms with Crippen LogP contribution in [0.5, 0.6) is 0 Å². The summed E-state index contributed by atoms with van der Waals surface area (Å²) < 4.78 is 5.46. The molecule has 8 heteroatoms. The molecule has 180 valence electrons. The van der Waals surface area contributed by atoms with E-state index in [1.54, 1.807) is 0 Å². The van der Waals surface area contributed by atoms with Crippen molar-refractivity contribution in [1.29, 1.82) is 0 Å². The number of rotatable bonds is 9. The quantitative estimate of drug-likeness (QED) is 0.450. The van der Waals surface area contributed by atoms with Crippen LogP contribution in [0.15, 0.2) is 48.5 Å². The number of amides is 2. The first-order chi connectivity index (χ1) is 16.4. The number of ether oxygens (including phenoxy) is 1. The number of carboxylic acid groups (broad SMARTS) is 1. The summed E-state index contributed by atoms with van der Waals surface area (Å²) in [6.07, 6.45) is 2.14. The molecule has 0 aliphatic heterocycles. The highest BCUT2D eigenvalue weighted by atomic mass is 16.5. The van der Waals surface area contributed by atoms with Crippen molar-refractivity contribution in [3.8, 4) is 11.1 Å². The first-order valence-electron chi connectivity index (χ1n) is 11.6. The lowest BCUT2D eigenvalue weighted by Crippen LogP contribution is -2.50. The molecule has 1 unspecified atom stereocenters. The van der Waals surface area contributed by atoms with Gasteiger partial charge in [-0.3, -0.25) is 9.59 Å². The van der Waals surface area contributed by atoms with Crippen molar-refractivity contribution in [2.24, 2.45) is 5.41 Å². The molecule has 1 fully saturated rings. The summed E-state index contributed by atoms with van der Waals surface area (Å²) >= 11 is 0. The van der Waals surface area contributed by atoms with E-state index < -0.39 is 30.4 Å². The smallest absolute Gasteiger partial charge is 0.407 e. The number of benzene rings is 2. The van der Waals surface area contributed by atoms with Gasteiger partial charge in [0.2, 0.25) is 5.91 Å². The van der Waals surface area contributed by atoms with E-state index in [9.17, 15) is 24.6 Å². The standard InChI is InChI=1S/C26H30N2O6/c29-16-26(11-5-6-12-26)15-27-24(32)22(13-23(30)31)28-25(33)34-14-21-19-9-3-1-7-17(19)18-8-2-4-10-20(18)21/h1-4,7-10,21-22,29H,5-6,11-16H2,(H,27,32)(H,28,33)(H,30,31). The van der Waals surface area contributed by atoms with Gasteiger partial charge in [-0.15, -0.1) is 0 Å². The highest BCUT2D eigenvalue weighted by Gasteiger charge is 2.35. The molecule has 0 aromatic heterocycles. The van der Waals surface area contributed by atoms with Gasteiger partial charge in [-0.25, -0.2) is 4.79 Å². The van der Waals surface area contributed by atoms with Gasteiger partial charge in [-0.1, -0.05) is 61.4 Å². The summed E-state index contributed by atoms with van der Waals surface area (Å²) in [6, 6.07) is 14.6. The molecule has 8 nitrogen and oxygen atoms in total. The third kappa shape index (κ3) is 5.07. The molecule has 0 heterocycles. The van der Waals surface area contributed by atoms with Gasteiger partial charge < -0.3 is 25.6 Å². The Morgan fingerprint density at radius 1 is 1.00 bits per heavy atom. The summed E-state index contributed by atoms with van der Waals surface area (Å²) in [5, 5.41) is 24.1. The highest BCUT2D eigenvalue weighted by Crippen LogP contribution is 2.44.